The van der Waals surface area contributed by atoms with Crippen LogP contribution in [0.15, 0.2) is 55.4 Å². The van der Waals surface area contributed by atoms with Crippen molar-refractivity contribution < 1.29 is 9.53 Å². The van der Waals surface area contributed by atoms with Crippen LogP contribution in [0.3, 0.4) is 0 Å². The molecule has 4 nitrogen and oxygen atoms in total. The number of likely N-dealkylation sites (tertiary alicyclic amines) is 1. The van der Waals surface area contributed by atoms with Crippen LogP contribution in [0.25, 0.3) is 0 Å². The Kier molecular flexibility index (Phi) is 4.68. The number of benzene rings is 1. The first-order valence-electron chi connectivity index (χ1n) is 7.14. The number of ether oxygens (including phenoxy) is 1. The van der Waals surface area contributed by atoms with Crippen molar-refractivity contribution in [3.63, 3.8) is 0 Å². The second-order valence-electron chi connectivity index (χ2n) is 5.31. The van der Waals surface area contributed by atoms with Crippen molar-refractivity contribution in [2.24, 2.45) is 5.73 Å². The molecule has 1 heterocycles. The fourth-order valence-corrected chi connectivity index (χ4v) is 2.87. The molecule has 21 heavy (non-hydrogen) atoms. The molecule has 1 unspecified atom stereocenters. The number of hydrogen-bond acceptors (Lipinski definition) is 3. The molecule has 1 saturated heterocycles. The molecule has 1 aromatic carbocycles. The van der Waals surface area contributed by atoms with Gasteiger partial charge in [0.25, 0.3) is 0 Å². The topological polar surface area (TPSA) is 55.6 Å². The van der Waals surface area contributed by atoms with Crippen molar-refractivity contribution in [2.75, 3.05) is 6.54 Å². The molecule has 112 valence electrons. The standard InChI is InChI=1S/C17H22N2O2/c1-3-10-17(16(18)20)11-7-12-19(17)14(2)21-13-15-8-5-4-6-9-15/h3-6,8-9H,1-2,7,10-13H2,(H2,18,20). The minimum atomic E-state index is -0.741. The van der Waals surface area contributed by atoms with Crippen LogP contribution in [0.2, 0.25) is 0 Å². The van der Waals surface area contributed by atoms with E-state index < -0.39 is 5.54 Å². The Morgan fingerprint density at radius 2 is 2.14 bits per heavy atom. The van der Waals surface area contributed by atoms with Crippen LogP contribution in [0.5, 0.6) is 0 Å². The highest BCUT2D eigenvalue weighted by Gasteiger charge is 2.46. The lowest BCUT2D eigenvalue weighted by Gasteiger charge is -2.37. The third-order valence-corrected chi connectivity index (χ3v) is 3.98. The molecule has 1 amide bonds. The van der Waals surface area contributed by atoms with Gasteiger partial charge in [0.2, 0.25) is 5.91 Å². The molecule has 4 heteroatoms. The SMILES string of the molecule is C=CCC1(C(N)=O)CCCN1C(=C)OCc1ccccc1. The molecule has 1 aromatic rings. The van der Waals surface area contributed by atoms with Gasteiger partial charge in [-0.05, 0) is 31.4 Å². The van der Waals surface area contributed by atoms with E-state index in [-0.39, 0.29) is 5.91 Å². The lowest BCUT2D eigenvalue weighted by Crippen LogP contribution is -2.53. The molecular formula is C17H22N2O2. The zero-order valence-electron chi connectivity index (χ0n) is 12.3. The van der Waals surface area contributed by atoms with Gasteiger partial charge in [0, 0.05) is 6.54 Å². The van der Waals surface area contributed by atoms with Crippen LogP contribution >= 0.6 is 0 Å². The van der Waals surface area contributed by atoms with E-state index in [1.807, 2.05) is 35.2 Å². The summed E-state index contributed by atoms with van der Waals surface area (Å²) < 4.78 is 5.75. The maximum absolute atomic E-state index is 11.9. The minimum absolute atomic E-state index is 0.343. The molecule has 2 rings (SSSR count). The molecule has 1 fully saturated rings. The first-order valence-corrected chi connectivity index (χ1v) is 7.14. The van der Waals surface area contributed by atoms with Gasteiger partial charge in [-0.25, -0.2) is 0 Å². The minimum Gasteiger partial charge on any atom is -0.475 e. The van der Waals surface area contributed by atoms with Gasteiger partial charge in [-0.3, -0.25) is 4.79 Å². The maximum atomic E-state index is 11.9. The Morgan fingerprint density at radius 1 is 1.43 bits per heavy atom. The molecule has 1 atom stereocenters. The molecular weight excluding hydrogens is 264 g/mol. The van der Waals surface area contributed by atoms with Gasteiger partial charge in [0.05, 0.1) is 0 Å². The van der Waals surface area contributed by atoms with Gasteiger partial charge in [0.15, 0.2) is 5.88 Å². The largest absolute Gasteiger partial charge is 0.475 e. The highest BCUT2D eigenvalue weighted by molar-refractivity contribution is 5.85. The van der Waals surface area contributed by atoms with Crippen LogP contribution in [-0.4, -0.2) is 22.9 Å². The fraction of sp³-hybridized carbons (Fsp3) is 0.353. The van der Waals surface area contributed by atoms with Gasteiger partial charge in [0.1, 0.15) is 12.1 Å². The number of primary amides is 1. The molecule has 0 aliphatic carbocycles. The van der Waals surface area contributed by atoms with Crippen molar-refractivity contribution in [2.45, 2.75) is 31.4 Å². The maximum Gasteiger partial charge on any atom is 0.243 e. The normalized spacial score (nSPS) is 21.0. The first kappa shape index (κ1) is 15.2. The summed E-state index contributed by atoms with van der Waals surface area (Å²) in [6, 6.07) is 9.86. The monoisotopic (exact) mass is 286 g/mol. The summed E-state index contributed by atoms with van der Waals surface area (Å²) in [7, 11) is 0. The summed E-state index contributed by atoms with van der Waals surface area (Å²) in [4.78, 5) is 13.8. The number of carbonyl (C=O) groups excluding carboxylic acids is 1. The predicted molar refractivity (Wildman–Crippen MR) is 83.1 cm³/mol. The van der Waals surface area contributed by atoms with Crippen LogP contribution in [0.4, 0.5) is 0 Å². The summed E-state index contributed by atoms with van der Waals surface area (Å²) in [6.45, 7) is 8.86. The van der Waals surface area contributed by atoms with E-state index in [4.69, 9.17) is 10.5 Å². The molecule has 0 radical (unpaired) electrons. The summed E-state index contributed by atoms with van der Waals surface area (Å²) >= 11 is 0. The van der Waals surface area contributed by atoms with Gasteiger partial charge in [-0.1, -0.05) is 36.4 Å². The van der Waals surface area contributed by atoms with Crippen molar-refractivity contribution in [1.29, 1.82) is 0 Å². The second kappa shape index (κ2) is 6.48. The third-order valence-electron chi connectivity index (χ3n) is 3.98. The summed E-state index contributed by atoms with van der Waals surface area (Å²) in [5, 5.41) is 0. The molecule has 2 N–H and O–H groups in total. The van der Waals surface area contributed by atoms with Crippen molar-refractivity contribution in [3.05, 3.63) is 61.0 Å². The zero-order valence-corrected chi connectivity index (χ0v) is 12.3. The Morgan fingerprint density at radius 3 is 2.76 bits per heavy atom. The van der Waals surface area contributed by atoms with E-state index in [9.17, 15) is 4.79 Å². The van der Waals surface area contributed by atoms with E-state index in [1.54, 1.807) is 6.08 Å². The zero-order chi connectivity index (χ0) is 15.3. The number of rotatable bonds is 7. The predicted octanol–water partition coefficient (Wildman–Crippen LogP) is 2.57. The smallest absolute Gasteiger partial charge is 0.243 e. The molecule has 1 aliphatic rings. The number of amides is 1. The Bertz CT molecular complexity index is 527. The fourth-order valence-electron chi connectivity index (χ4n) is 2.87. The van der Waals surface area contributed by atoms with Crippen molar-refractivity contribution >= 4 is 5.91 Å². The van der Waals surface area contributed by atoms with Gasteiger partial charge in [-0.2, -0.15) is 0 Å². The number of nitrogens with two attached hydrogens (primary N) is 1. The Hall–Kier alpha value is -2.23. The van der Waals surface area contributed by atoms with Crippen LogP contribution in [0, 0.1) is 0 Å². The molecule has 0 aromatic heterocycles. The Labute approximate surface area is 125 Å². The van der Waals surface area contributed by atoms with Gasteiger partial charge >= 0.3 is 0 Å². The summed E-state index contributed by atoms with van der Waals surface area (Å²) in [6.07, 6.45) is 3.84. The van der Waals surface area contributed by atoms with E-state index in [2.05, 4.69) is 13.2 Å². The van der Waals surface area contributed by atoms with E-state index in [0.29, 0.717) is 25.3 Å². The molecule has 0 saturated carbocycles. The summed E-state index contributed by atoms with van der Waals surface area (Å²) in [5.41, 5.74) is 5.95. The number of nitrogens with zero attached hydrogens (tertiary/aromatic N) is 1. The second-order valence-corrected chi connectivity index (χ2v) is 5.31. The van der Waals surface area contributed by atoms with Gasteiger partial charge < -0.3 is 15.4 Å². The average molecular weight is 286 g/mol. The quantitative estimate of drug-likeness (QED) is 0.619. The summed E-state index contributed by atoms with van der Waals surface area (Å²) in [5.74, 6) is 0.154. The van der Waals surface area contributed by atoms with Crippen LogP contribution < -0.4 is 5.73 Å². The molecule has 1 aliphatic heterocycles. The number of hydrogen-bond donors (Lipinski definition) is 1. The first-order chi connectivity index (χ1) is 10.1. The van der Waals surface area contributed by atoms with E-state index >= 15 is 0 Å². The lowest BCUT2D eigenvalue weighted by atomic mass is 9.91. The van der Waals surface area contributed by atoms with E-state index in [0.717, 1.165) is 18.5 Å². The van der Waals surface area contributed by atoms with Gasteiger partial charge in [-0.15, -0.1) is 6.58 Å². The van der Waals surface area contributed by atoms with Crippen LogP contribution in [0.1, 0.15) is 24.8 Å². The highest BCUT2D eigenvalue weighted by atomic mass is 16.5. The van der Waals surface area contributed by atoms with E-state index in [1.165, 1.54) is 0 Å². The number of carbonyl (C=O) groups is 1. The van der Waals surface area contributed by atoms with Crippen molar-refractivity contribution in [3.8, 4) is 0 Å². The lowest BCUT2D eigenvalue weighted by molar-refractivity contribution is -0.129. The molecule has 0 spiro atoms. The Balaban J connectivity index is 2.06. The highest BCUT2D eigenvalue weighted by Crippen LogP contribution is 2.35. The van der Waals surface area contributed by atoms with Crippen molar-refractivity contribution in [1.82, 2.24) is 4.90 Å². The van der Waals surface area contributed by atoms with Crippen LogP contribution in [-0.2, 0) is 16.1 Å². The third kappa shape index (κ3) is 3.10. The average Bonchev–Trinajstić information content (AvgIpc) is 2.91. The molecule has 0 bridgehead atoms.